The van der Waals surface area contributed by atoms with Gasteiger partial charge in [0.05, 0.1) is 36.1 Å². The number of hydrogen-bond acceptors (Lipinski definition) is 3. The molecule has 1 saturated heterocycles. The van der Waals surface area contributed by atoms with Gasteiger partial charge in [-0.3, -0.25) is 9.48 Å². The van der Waals surface area contributed by atoms with Gasteiger partial charge < -0.3 is 9.88 Å². The van der Waals surface area contributed by atoms with Crippen molar-refractivity contribution in [1.82, 2.24) is 24.6 Å². The maximum absolute atomic E-state index is 12.9. The van der Waals surface area contributed by atoms with E-state index >= 15 is 0 Å². The Morgan fingerprint density at radius 2 is 2.35 bits per heavy atom. The van der Waals surface area contributed by atoms with E-state index in [-0.39, 0.29) is 11.9 Å². The first kappa shape index (κ1) is 14.0. The van der Waals surface area contributed by atoms with E-state index in [0.29, 0.717) is 5.56 Å². The summed E-state index contributed by atoms with van der Waals surface area (Å²) in [5.41, 5.74) is 3.64. The molecule has 118 valence electrons. The van der Waals surface area contributed by atoms with Crippen molar-refractivity contribution < 1.29 is 4.79 Å². The van der Waals surface area contributed by atoms with Crippen LogP contribution in [0.1, 0.15) is 28.8 Å². The number of carbonyl (C=O) groups is 1. The molecule has 1 N–H and O–H groups in total. The van der Waals surface area contributed by atoms with Gasteiger partial charge in [0.1, 0.15) is 0 Å². The third-order valence-electron chi connectivity index (χ3n) is 4.47. The van der Waals surface area contributed by atoms with Gasteiger partial charge in [-0.05, 0) is 43.5 Å². The predicted octanol–water partition coefficient (Wildman–Crippen LogP) is 2.37. The molecule has 0 saturated carbocycles. The van der Waals surface area contributed by atoms with Crippen LogP contribution in [0.25, 0.3) is 11.0 Å². The summed E-state index contributed by atoms with van der Waals surface area (Å²) in [5, 5.41) is 4.35. The number of rotatable bonds is 3. The van der Waals surface area contributed by atoms with Gasteiger partial charge in [0, 0.05) is 18.3 Å². The standard InChI is InChI=1S/C17H19N5O/c1-12-8-20-21(9-12)10-14-3-2-6-22(14)17(23)13-4-5-15-16(7-13)19-11-18-15/h4-5,7-9,11,14H,2-3,6,10H2,1H3,(H,18,19). The Hall–Kier alpha value is -2.63. The minimum Gasteiger partial charge on any atom is -0.345 e. The molecule has 1 amide bonds. The first-order valence-corrected chi connectivity index (χ1v) is 7.94. The van der Waals surface area contributed by atoms with Crippen molar-refractivity contribution in [3.63, 3.8) is 0 Å². The van der Waals surface area contributed by atoms with E-state index in [1.807, 2.05) is 47.1 Å². The highest BCUT2D eigenvalue weighted by Crippen LogP contribution is 2.22. The number of amides is 1. The molecular weight excluding hydrogens is 290 g/mol. The maximum Gasteiger partial charge on any atom is 0.254 e. The molecular formula is C17H19N5O. The lowest BCUT2D eigenvalue weighted by atomic mass is 10.1. The molecule has 4 rings (SSSR count). The van der Waals surface area contributed by atoms with Crippen molar-refractivity contribution in [3.8, 4) is 0 Å². The highest BCUT2D eigenvalue weighted by Gasteiger charge is 2.30. The van der Waals surface area contributed by atoms with Gasteiger partial charge in [0.2, 0.25) is 0 Å². The van der Waals surface area contributed by atoms with Gasteiger partial charge in [-0.15, -0.1) is 0 Å². The van der Waals surface area contributed by atoms with E-state index in [1.54, 1.807) is 6.33 Å². The van der Waals surface area contributed by atoms with Crippen molar-refractivity contribution in [1.29, 1.82) is 0 Å². The molecule has 1 fully saturated rings. The topological polar surface area (TPSA) is 66.8 Å². The quantitative estimate of drug-likeness (QED) is 0.807. The lowest BCUT2D eigenvalue weighted by molar-refractivity contribution is 0.0722. The van der Waals surface area contributed by atoms with Crippen LogP contribution in [0.15, 0.2) is 36.9 Å². The maximum atomic E-state index is 12.9. The number of aryl methyl sites for hydroxylation is 1. The van der Waals surface area contributed by atoms with Crippen LogP contribution in [0.2, 0.25) is 0 Å². The number of hydrogen-bond donors (Lipinski definition) is 1. The lowest BCUT2D eigenvalue weighted by Gasteiger charge is -2.24. The molecule has 1 aliphatic heterocycles. The number of likely N-dealkylation sites (tertiary alicyclic amines) is 1. The van der Waals surface area contributed by atoms with E-state index in [4.69, 9.17) is 0 Å². The summed E-state index contributed by atoms with van der Waals surface area (Å²) in [7, 11) is 0. The summed E-state index contributed by atoms with van der Waals surface area (Å²) in [5.74, 6) is 0.0906. The van der Waals surface area contributed by atoms with Crippen LogP contribution in [0.5, 0.6) is 0 Å². The average molecular weight is 309 g/mol. The van der Waals surface area contributed by atoms with Crippen molar-refractivity contribution in [2.75, 3.05) is 6.54 Å². The van der Waals surface area contributed by atoms with E-state index in [9.17, 15) is 4.79 Å². The molecule has 6 nitrogen and oxygen atoms in total. The highest BCUT2D eigenvalue weighted by atomic mass is 16.2. The van der Waals surface area contributed by atoms with Crippen LogP contribution in [0, 0.1) is 6.92 Å². The van der Waals surface area contributed by atoms with E-state index in [1.165, 1.54) is 0 Å². The number of benzene rings is 1. The predicted molar refractivity (Wildman–Crippen MR) is 87.1 cm³/mol. The Kier molecular flexibility index (Phi) is 3.37. The second-order valence-corrected chi connectivity index (χ2v) is 6.17. The fourth-order valence-electron chi connectivity index (χ4n) is 3.31. The number of imidazole rings is 1. The lowest BCUT2D eigenvalue weighted by Crippen LogP contribution is -2.38. The van der Waals surface area contributed by atoms with Gasteiger partial charge in [-0.1, -0.05) is 0 Å². The molecule has 0 spiro atoms. The molecule has 2 aromatic heterocycles. The molecule has 1 aliphatic rings. The Morgan fingerprint density at radius 3 is 3.17 bits per heavy atom. The molecule has 0 radical (unpaired) electrons. The van der Waals surface area contributed by atoms with Gasteiger partial charge >= 0.3 is 0 Å². The smallest absolute Gasteiger partial charge is 0.254 e. The van der Waals surface area contributed by atoms with Gasteiger partial charge in [0.25, 0.3) is 5.91 Å². The summed E-state index contributed by atoms with van der Waals surface area (Å²) in [6, 6.07) is 5.84. The van der Waals surface area contributed by atoms with Gasteiger partial charge in [-0.25, -0.2) is 4.98 Å². The van der Waals surface area contributed by atoms with E-state index in [0.717, 1.165) is 42.5 Å². The Labute approximate surface area is 134 Å². The first-order chi connectivity index (χ1) is 11.2. The number of nitrogens with one attached hydrogen (secondary N) is 1. The largest absolute Gasteiger partial charge is 0.345 e. The minimum atomic E-state index is 0.0906. The van der Waals surface area contributed by atoms with Gasteiger partial charge in [0.15, 0.2) is 0 Å². The Balaban J connectivity index is 1.56. The summed E-state index contributed by atoms with van der Waals surface area (Å²) in [4.78, 5) is 22.1. The fourth-order valence-corrected chi connectivity index (χ4v) is 3.31. The van der Waals surface area contributed by atoms with Crippen LogP contribution in [-0.2, 0) is 6.54 Å². The van der Waals surface area contributed by atoms with Crippen LogP contribution >= 0.6 is 0 Å². The van der Waals surface area contributed by atoms with E-state index < -0.39 is 0 Å². The molecule has 23 heavy (non-hydrogen) atoms. The third kappa shape index (κ3) is 2.60. The average Bonchev–Trinajstić information content (AvgIpc) is 3.27. The molecule has 0 bridgehead atoms. The first-order valence-electron chi connectivity index (χ1n) is 7.94. The monoisotopic (exact) mass is 309 g/mol. The molecule has 1 unspecified atom stereocenters. The Bertz CT molecular complexity index is 849. The summed E-state index contributed by atoms with van der Waals surface area (Å²) in [6.45, 7) is 3.59. The number of carbonyl (C=O) groups excluding carboxylic acids is 1. The Morgan fingerprint density at radius 1 is 1.43 bits per heavy atom. The van der Waals surface area contributed by atoms with Crippen LogP contribution < -0.4 is 0 Å². The molecule has 1 aromatic carbocycles. The zero-order chi connectivity index (χ0) is 15.8. The molecule has 3 aromatic rings. The number of aromatic nitrogens is 4. The van der Waals surface area contributed by atoms with Crippen LogP contribution in [-0.4, -0.2) is 43.1 Å². The number of fused-ring (bicyclic) bond motifs is 1. The SMILES string of the molecule is Cc1cnn(CC2CCCN2C(=O)c2ccc3nc[nH]c3c2)c1. The summed E-state index contributed by atoms with van der Waals surface area (Å²) < 4.78 is 1.93. The summed E-state index contributed by atoms with van der Waals surface area (Å²) in [6.07, 6.45) is 7.60. The van der Waals surface area contributed by atoms with Crippen LogP contribution in [0.3, 0.4) is 0 Å². The molecule has 0 aliphatic carbocycles. The second-order valence-electron chi connectivity index (χ2n) is 6.17. The third-order valence-corrected chi connectivity index (χ3v) is 4.47. The fraction of sp³-hybridized carbons (Fsp3) is 0.353. The number of nitrogens with zero attached hydrogens (tertiary/aromatic N) is 4. The zero-order valence-electron chi connectivity index (χ0n) is 13.1. The van der Waals surface area contributed by atoms with Crippen molar-refractivity contribution >= 4 is 16.9 Å². The van der Waals surface area contributed by atoms with Crippen molar-refractivity contribution in [3.05, 3.63) is 48.0 Å². The second kappa shape index (κ2) is 5.53. The van der Waals surface area contributed by atoms with Crippen molar-refractivity contribution in [2.45, 2.75) is 32.4 Å². The van der Waals surface area contributed by atoms with E-state index in [2.05, 4.69) is 15.1 Å². The molecule has 3 heterocycles. The number of H-pyrrole nitrogens is 1. The van der Waals surface area contributed by atoms with Crippen molar-refractivity contribution in [2.24, 2.45) is 0 Å². The summed E-state index contributed by atoms with van der Waals surface area (Å²) >= 11 is 0. The molecule has 6 heteroatoms. The zero-order valence-corrected chi connectivity index (χ0v) is 13.1. The highest BCUT2D eigenvalue weighted by molar-refractivity contribution is 5.97. The number of aromatic amines is 1. The van der Waals surface area contributed by atoms with Gasteiger partial charge in [-0.2, -0.15) is 5.10 Å². The minimum absolute atomic E-state index is 0.0906. The van der Waals surface area contributed by atoms with Crippen LogP contribution in [0.4, 0.5) is 0 Å². The molecule has 1 atom stereocenters. The normalized spacial score (nSPS) is 18.0.